The van der Waals surface area contributed by atoms with Gasteiger partial charge >= 0.3 is 6.03 Å². The molecule has 2 aromatic rings. The summed E-state index contributed by atoms with van der Waals surface area (Å²) in [6, 6.07) is 9.70. The first-order valence-electron chi connectivity index (χ1n) is 7.06. The third-order valence-electron chi connectivity index (χ3n) is 3.22. The lowest BCUT2D eigenvalue weighted by atomic mass is 10.2. The van der Waals surface area contributed by atoms with Crippen molar-refractivity contribution >= 4 is 44.7 Å². The fourth-order valence-corrected chi connectivity index (χ4v) is 2.77. The summed E-state index contributed by atoms with van der Waals surface area (Å²) in [6.07, 6.45) is 1.07. The summed E-state index contributed by atoms with van der Waals surface area (Å²) >= 11 is 6.02. The van der Waals surface area contributed by atoms with Gasteiger partial charge in [0.05, 0.1) is 11.9 Å². The van der Waals surface area contributed by atoms with E-state index in [2.05, 4.69) is 15.4 Å². The second-order valence-electron chi connectivity index (χ2n) is 5.45. The second-order valence-corrected chi connectivity index (χ2v) is 7.60. The summed E-state index contributed by atoms with van der Waals surface area (Å²) in [4.78, 5) is 12.1. The zero-order valence-corrected chi connectivity index (χ0v) is 15.0. The van der Waals surface area contributed by atoms with Gasteiger partial charge in [-0.05, 0) is 49.2 Å². The molecule has 128 valence electrons. The number of halogens is 1. The monoisotopic (exact) mass is 367 g/mol. The fraction of sp³-hybridized carbons (Fsp3) is 0.188. The van der Waals surface area contributed by atoms with Gasteiger partial charge in [0, 0.05) is 16.4 Å². The van der Waals surface area contributed by atoms with Gasteiger partial charge in [-0.3, -0.25) is 4.72 Å². The van der Waals surface area contributed by atoms with E-state index in [0.29, 0.717) is 22.1 Å². The van der Waals surface area contributed by atoms with Crippen molar-refractivity contribution < 1.29 is 13.2 Å². The van der Waals surface area contributed by atoms with Crippen LogP contribution >= 0.6 is 11.6 Å². The Balaban J connectivity index is 2.11. The maximum Gasteiger partial charge on any atom is 0.323 e. The van der Waals surface area contributed by atoms with E-state index in [1.54, 1.807) is 43.3 Å². The van der Waals surface area contributed by atoms with Gasteiger partial charge in [0.25, 0.3) is 0 Å². The van der Waals surface area contributed by atoms with Gasteiger partial charge in [-0.2, -0.15) is 0 Å². The highest BCUT2D eigenvalue weighted by Gasteiger charge is 2.09. The van der Waals surface area contributed by atoms with Crippen LogP contribution in [-0.4, -0.2) is 20.7 Å². The van der Waals surface area contributed by atoms with E-state index in [-0.39, 0.29) is 0 Å². The van der Waals surface area contributed by atoms with Crippen LogP contribution < -0.4 is 15.4 Å². The van der Waals surface area contributed by atoms with Crippen molar-refractivity contribution in [3.63, 3.8) is 0 Å². The van der Waals surface area contributed by atoms with Crippen molar-refractivity contribution in [2.75, 3.05) is 21.6 Å². The number of hydrogen-bond donors (Lipinski definition) is 3. The van der Waals surface area contributed by atoms with E-state index in [1.165, 1.54) is 0 Å². The van der Waals surface area contributed by atoms with Gasteiger partial charge in [0.2, 0.25) is 10.0 Å². The molecule has 0 saturated carbocycles. The second kappa shape index (κ2) is 7.11. The van der Waals surface area contributed by atoms with Crippen LogP contribution in [0.1, 0.15) is 11.1 Å². The Kier molecular flexibility index (Phi) is 5.36. The Bertz CT molecular complexity index is 882. The molecule has 0 unspecified atom stereocenters. The van der Waals surface area contributed by atoms with Gasteiger partial charge in [-0.1, -0.05) is 23.7 Å². The lowest BCUT2D eigenvalue weighted by Gasteiger charge is -2.12. The predicted octanol–water partition coefficient (Wildman–Crippen LogP) is 3.97. The minimum absolute atomic E-state index is 0.411. The molecule has 6 nitrogen and oxygen atoms in total. The summed E-state index contributed by atoms with van der Waals surface area (Å²) in [5.74, 6) is 0. The molecular weight excluding hydrogens is 350 g/mol. The molecule has 0 heterocycles. The van der Waals surface area contributed by atoms with E-state index in [0.717, 1.165) is 17.4 Å². The van der Waals surface area contributed by atoms with Crippen molar-refractivity contribution in [1.29, 1.82) is 0 Å². The minimum atomic E-state index is -3.40. The lowest BCUT2D eigenvalue weighted by molar-refractivity contribution is 0.262. The molecule has 0 fully saturated rings. The Hall–Kier alpha value is -2.25. The van der Waals surface area contributed by atoms with Gasteiger partial charge < -0.3 is 10.6 Å². The molecule has 0 saturated heterocycles. The van der Waals surface area contributed by atoms with E-state index >= 15 is 0 Å². The quantitative estimate of drug-likeness (QED) is 0.764. The van der Waals surface area contributed by atoms with Crippen molar-refractivity contribution in [2.24, 2.45) is 0 Å². The molecule has 3 N–H and O–H groups in total. The van der Waals surface area contributed by atoms with Crippen LogP contribution in [0, 0.1) is 13.8 Å². The lowest BCUT2D eigenvalue weighted by Crippen LogP contribution is -2.19. The van der Waals surface area contributed by atoms with E-state index < -0.39 is 16.1 Å². The molecule has 0 aromatic heterocycles. The summed E-state index contributed by atoms with van der Waals surface area (Å²) in [6.45, 7) is 3.64. The Labute approximate surface area is 146 Å². The number of benzene rings is 2. The number of carbonyl (C=O) groups excluding carboxylic acids is 1. The van der Waals surface area contributed by atoms with Gasteiger partial charge in [0.1, 0.15) is 0 Å². The van der Waals surface area contributed by atoms with Crippen molar-refractivity contribution in [3.05, 3.63) is 52.5 Å². The first-order chi connectivity index (χ1) is 11.1. The van der Waals surface area contributed by atoms with E-state index in [4.69, 9.17) is 11.6 Å². The number of anilines is 3. The topological polar surface area (TPSA) is 87.3 Å². The summed E-state index contributed by atoms with van der Waals surface area (Å²) in [7, 11) is -3.40. The van der Waals surface area contributed by atoms with Crippen LogP contribution in [0.15, 0.2) is 36.4 Å². The third kappa shape index (κ3) is 5.14. The highest BCUT2D eigenvalue weighted by Crippen LogP contribution is 2.22. The zero-order chi connectivity index (χ0) is 17.9. The number of carbonyl (C=O) groups is 1. The summed E-state index contributed by atoms with van der Waals surface area (Å²) < 4.78 is 25.1. The van der Waals surface area contributed by atoms with Crippen LogP contribution in [-0.2, 0) is 10.0 Å². The average Bonchev–Trinajstić information content (AvgIpc) is 2.45. The van der Waals surface area contributed by atoms with Crippen LogP contribution in [0.3, 0.4) is 0 Å². The molecule has 0 aliphatic heterocycles. The number of urea groups is 1. The average molecular weight is 368 g/mol. The highest BCUT2D eigenvalue weighted by atomic mass is 35.5. The highest BCUT2D eigenvalue weighted by molar-refractivity contribution is 7.92. The Morgan fingerprint density at radius 2 is 1.50 bits per heavy atom. The maximum absolute atomic E-state index is 12.1. The molecule has 2 aromatic carbocycles. The van der Waals surface area contributed by atoms with E-state index in [9.17, 15) is 13.2 Å². The third-order valence-corrected chi connectivity index (χ3v) is 4.22. The molecule has 0 aliphatic carbocycles. The predicted molar refractivity (Wildman–Crippen MR) is 98.5 cm³/mol. The normalized spacial score (nSPS) is 11.0. The number of amides is 2. The van der Waals surface area contributed by atoms with Crippen molar-refractivity contribution in [1.82, 2.24) is 0 Å². The standard InChI is InChI=1S/C16H18ClN3O3S/c1-10-4-6-12(8-14(10)17)18-16(21)19-13-7-5-11(2)15(9-13)20-24(3,22)23/h4-9,20H,1-3H3,(H2,18,19,21). The maximum atomic E-state index is 12.1. The smallest absolute Gasteiger partial charge is 0.308 e. The molecule has 0 radical (unpaired) electrons. The fourth-order valence-electron chi connectivity index (χ4n) is 1.97. The first-order valence-corrected chi connectivity index (χ1v) is 9.33. The largest absolute Gasteiger partial charge is 0.323 e. The Morgan fingerprint density at radius 3 is 2.04 bits per heavy atom. The molecule has 24 heavy (non-hydrogen) atoms. The molecule has 0 bridgehead atoms. The number of rotatable bonds is 4. The SMILES string of the molecule is Cc1ccc(NC(=O)Nc2ccc(C)c(NS(C)(=O)=O)c2)cc1Cl. The van der Waals surface area contributed by atoms with Crippen LogP contribution in [0.25, 0.3) is 0 Å². The number of nitrogens with one attached hydrogen (secondary N) is 3. The molecule has 2 amide bonds. The number of sulfonamides is 1. The molecular formula is C16H18ClN3O3S. The van der Waals surface area contributed by atoms with Gasteiger partial charge in [-0.15, -0.1) is 0 Å². The molecule has 0 atom stereocenters. The van der Waals surface area contributed by atoms with Crippen molar-refractivity contribution in [2.45, 2.75) is 13.8 Å². The van der Waals surface area contributed by atoms with E-state index in [1.807, 2.05) is 6.92 Å². The number of hydrogen-bond acceptors (Lipinski definition) is 3. The molecule has 8 heteroatoms. The minimum Gasteiger partial charge on any atom is -0.308 e. The molecule has 0 spiro atoms. The molecule has 0 aliphatic rings. The summed E-state index contributed by atoms with van der Waals surface area (Å²) in [5, 5.41) is 5.88. The van der Waals surface area contributed by atoms with Gasteiger partial charge in [0.15, 0.2) is 0 Å². The van der Waals surface area contributed by atoms with Crippen LogP contribution in [0.5, 0.6) is 0 Å². The summed E-state index contributed by atoms with van der Waals surface area (Å²) in [5.41, 5.74) is 3.09. The zero-order valence-electron chi connectivity index (χ0n) is 13.5. The molecule has 2 rings (SSSR count). The first kappa shape index (κ1) is 18.1. The Morgan fingerprint density at radius 1 is 0.958 bits per heavy atom. The number of aryl methyl sites for hydroxylation is 2. The van der Waals surface area contributed by atoms with Crippen LogP contribution in [0.2, 0.25) is 5.02 Å². The van der Waals surface area contributed by atoms with Crippen LogP contribution in [0.4, 0.5) is 21.9 Å². The van der Waals surface area contributed by atoms with Crippen molar-refractivity contribution in [3.8, 4) is 0 Å². The van der Waals surface area contributed by atoms with Gasteiger partial charge in [-0.25, -0.2) is 13.2 Å².